The number of aryl methyl sites for hydroxylation is 1. The quantitative estimate of drug-likeness (QED) is 0.539. The molecule has 0 bridgehead atoms. The molecule has 8 nitrogen and oxygen atoms in total. The number of hydrogen-bond acceptors (Lipinski definition) is 7. The van der Waals surface area contributed by atoms with Gasteiger partial charge in [-0.1, -0.05) is 0 Å². The van der Waals surface area contributed by atoms with Gasteiger partial charge >= 0.3 is 11.9 Å². The Hall–Kier alpha value is -2.94. The smallest absolute Gasteiger partial charge is 0.340 e. The molecule has 0 saturated carbocycles. The molecular formula is C20H23NO7S. The molecule has 0 aliphatic rings. The number of ether oxygens (including phenoxy) is 2. The first-order chi connectivity index (χ1) is 13.5. The summed E-state index contributed by atoms with van der Waals surface area (Å²) in [5.41, 5.74) is 1.47. The predicted molar refractivity (Wildman–Crippen MR) is 105 cm³/mol. The molecule has 0 fully saturated rings. The highest BCUT2D eigenvalue weighted by molar-refractivity contribution is 7.90. The standard InChI is InChI=1S/C20H23NO7S/c1-6-27-20(24)16-11(2)17(21-12(16)3)18(22)13(4)28-19(23)14-7-9-15(10-8-14)29(5,25)26/h7-10,13,21H,6H2,1-5H3/t13-/m0/s1. The highest BCUT2D eigenvalue weighted by Crippen LogP contribution is 2.21. The minimum Gasteiger partial charge on any atom is -0.462 e. The maximum absolute atomic E-state index is 12.7. The fraction of sp³-hybridized carbons (Fsp3) is 0.350. The van der Waals surface area contributed by atoms with Crippen LogP contribution in [0.3, 0.4) is 0 Å². The SMILES string of the molecule is CCOC(=O)c1c(C)[nH]c(C(=O)[C@H](C)OC(=O)c2ccc(S(C)(=O)=O)cc2)c1C. The highest BCUT2D eigenvalue weighted by atomic mass is 32.2. The fourth-order valence-corrected chi connectivity index (χ4v) is 3.46. The van der Waals surface area contributed by atoms with Crippen LogP contribution in [0.25, 0.3) is 0 Å². The van der Waals surface area contributed by atoms with Crippen LogP contribution in [0.4, 0.5) is 0 Å². The number of Topliss-reactive ketones (excluding diaryl/α,β-unsaturated/α-hetero) is 1. The Morgan fingerprint density at radius 2 is 1.66 bits per heavy atom. The Morgan fingerprint density at radius 1 is 1.07 bits per heavy atom. The number of carbonyl (C=O) groups excluding carboxylic acids is 3. The van der Waals surface area contributed by atoms with Crippen LogP contribution in [0.2, 0.25) is 0 Å². The summed E-state index contributed by atoms with van der Waals surface area (Å²) in [4.78, 5) is 40.0. The van der Waals surface area contributed by atoms with Gasteiger partial charge in [0.1, 0.15) is 0 Å². The van der Waals surface area contributed by atoms with Crippen molar-refractivity contribution >= 4 is 27.6 Å². The highest BCUT2D eigenvalue weighted by Gasteiger charge is 2.27. The summed E-state index contributed by atoms with van der Waals surface area (Å²) in [6, 6.07) is 5.22. The minimum atomic E-state index is -3.38. The molecule has 0 radical (unpaired) electrons. The van der Waals surface area contributed by atoms with Crippen molar-refractivity contribution in [1.82, 2.24) is 4.98 Å². The molecule has 1 atom stereocenters. The van der Waals surface area contributed by atoms with Gasteiger partial charge in [0.25, 0.3) is 0 Å². The predicted octanol–water partition coefficient (Wildman–Crippen LogP) is 2.64. The van der Waals surface area contributed by atoms with E-state index in [9.17, 15) is 22.8 Å². The van der Waals surface area contributed by atoms with Crippen LogP contribution in [0.5, 0.6) is 0 Å². The van der Waals surface area contributed by atoms with Crippen LogP contribution >= 0.6 is 0 Å². The number of sulfone groups is 1. The van der Waals surface area contributed by atoms with Crippen LogP contribution in [-0.2, 0) is 19.3 Å². The fourth-order valence-electron chi connectivity index (χ4n) is 2.83. The summed E-state index contributed by atoms with van der Waals surface area (Å²) in [5, 5.41) is 0. The molecular weight excluding hydrogens is 398 g/mol. The van der Waals surface area contributed by atoms with E-state index in [1.165, 1.54) is 31.2 Å². The lowest BCUT2D eigenvalue weighted by atomic mass is 10.1. The third-order valence-electron chi connectivity index (χ3n) is 4.33. The van der Waals surface area contributed by atoms with E-state index in [1.54, 1.807) is 20.8 Å². The molecule has 0 saturated heterocycles. The van der Waals surface area contributed by atoms with E-state index >= 15 is 0 Å². The molecule has 0 spiro atoms. The number of carbonyl (C=O) groups is 3. The van der Waals surface area contributed by atoms with Gasteiger partial charge in [-0.3, -0.25) is 4.79 Å². The van der Waals surface area contributed by atoms with E-state index < -0.39 is 33.7 Å². The van der Waals surface area contributed by atoms with Crippen molar-refractivity contribution in [3.8, 4) is 0 Å². The van der Waals surface area contributed by atoms with Gasteiger partial charge in [-0.15, -0.1) is 0 Å². The second kappa shape index (κ2) is 8.60. The van der Waals surface area contributed by atoms with E-state index in [-0.39, 0.29) is 28.3 Å². The van der Waals surface area contributed by atoms with Crippen LogP contribution in [-0.4, -0.2) is 50.1 Å². The maximum atomic E-state index is 12.7. The second-order valence-corrected chi connectivity index (χ2v) is 8.57. The number of benzene rings is 1. The average molecular weight is 421 g/mol. The van der Waals surface area contributed by atoms with E-state index in [0.29, 0.717) is 11.3 Å². The van der Waals surface area contributed by atoms with Gasteiger partial charge < -0.3 is 14.5 Å². The van der Waals surface area contributed by atoms with Gasteiger partial charge in [0.05, 0.1) is 28.3 Å². The van der Waals surface area contributed by atoms with Crippen molar-refractivity contribution in [2.75, 3.05) is 12.9 Å². The second-order valence-electron chi connectivity index (χ2n) is 6.55. The molecule has 0 unspecified atom stereocenters. The largest absolute Gasteiger partial charge is 0.462 e. The lowest BCUT2D eigenvalue weighted by molar-refractivity contribution is 0.0316. The molecule has 2 rings (SSSR count). The van der Waals surface area contributed by atoms with Gasteiger partial charge in [-0.25, -0.2) is 18.0 Å². The number of nitrogens with one attached hydrogen (secondary N) is 1. The number of aromatic nitrogens is 1. The Kier molecular flexibility index (Phi) is 6.63. The average Bonchev–Trinajstić information content (AvgIpc) is 2.94. The first-order valence-electron chi connectivity index (χ1n) is 8.89. The zero-order valence-electron chi connectivity index (χ0n) is 16.9. The summed E-state index contributed by atoms with van der Waals surface area (Å²) in [5.74, 6) is -1.80. The summed E-state index contributed by atoms with van der Waals surface area (Å²) < 4.78 is 33.2. The minimum absolute atomic E-state index is 0.0714. The molecule has 0 aliphatic carbocycles. The van der Waals surface area contributed by atoms with E-state index in [1.807, 2.05) is 0 Å². The molecule has 1 heterocycles. The summed E-state index contributed by atoms with van der Waals surface area (Å²) in [7, 11) is -3.38. The van der Waals surface area contributed by atoms with Crippen LogP contribution in [0.1, 0.15) is 56.3 Å². The van der Waals surface area contributed by atoms with Crippen molar-refractivity contribution in [2.45, 2.75) is 38.7 Å². The number of aromatic amines is 1. The number of rotatable bonds is 7. The topological polar surface area (TPSA) is 120 Å². The lowest BCUT2D eigenvalue weighted by Gasteiger charge is -2.12. The van der Waals surface area contributed by atoms with Crippen molar-refractivity contribution in [1.29, 1.82) is 0 Å². The molecule has 1 aromatic heterocycles. The molecule has 0 amide bonds. The van der Waals surface area contributed by atoms with Crippen molar-refractivity contribution in [3.05, 3.63) is 52.3 Å². The van der Waals surface area contributed by atoms with Gasteiger partial charge in [0, 0.05) is 11.9 Å². The van der Waals surface area contributed by atoms with Gasteiger partial charge in [0.2, 0.25) is 5.78 Å². The molecule has 29 heavy (non-hydrogen) atoms. The molecule has 0 aliphatic heterocycles. The maximum Gasteiger partial charge on any atom is 0.340 e. The Balaban J connectivity index is 2.18. The Bertz CT molecular complexity index is 1050. The Morgan fingerprint density at radius 3 is 2.17 bits per heavy atom. The molecule has 1 aromatic carbocycles. The zero-order chi connectivity index (χ0) is 21.9. The first kappa shape index (κ1) is 22.4. The van der Waals surface area contributed by atoms with Crippen molar-refractivity contribution in [3.63, 3.8) is 0 Å². The summed E-state index contributed by atoms with van der Waals surface area (Å²) in [6.07, 6.45) is -0.0596. The first-order valence-corrected chi connectivity index (χ1v) is 10.8. The van der Waals surface area contributed by atoms with Crippen LogP contribution < -0.4 is 0 Å². The molecule has 1 N–H and O–H groups in total. The molecule has 156 valence electrons. The van der Waals surface area contributed by atoms with E-state index in [2.05, 4.69) is 4.98 Å². The van der Waals surface area contributed by atoms with Crippen LogP contribution in [0.15, 0.2) is 29.2 Å². The third kappa shape index (κ3) is 4.92. The van der Waals surface area contributed by atoms with E-state index in [4.69, 9.17) is 9.47 Å². The Labute approximate surface area is 169 Å². The number of esters is 2. The van der Waals surface area contributed by atoms with Gasteiger partial charge in [-0.05, 0) is 57.5 Å². The number of ketones is 1. The van der Waals surface area contributed by atoms with Crippen LogP contribution in [0, 0.1) is 13.8 Å². The summed E-state index contributed by atoms with van der Waals surface area (Å²) in [6.45, 7) is 6.58. The monoisotopic (exact) mass is 421 g/mol. The van der Waals surface area contributed by atoms with Crippen molar-refractivity contribution in [2.24, 2.45) is 0 Å². The number of H-pyrrole nitrogens is 1. The van der Waals surface area contributed by atoms with Gasteiger partial charge in [-0.2, -0.15) is 0 Å². The van der Waals surface area contributed by atoms with Crippen molar-refractivity contribution < 1.29 is 32.3 Å². The van der Waals surface area contributed by atoms with E-state index in [0.717, 1.165) is 6.26 Å². The zero-order valence-corrected chi connectivity index (χ0v) is 17.7. The molecule has 9 heteroatoms. The number of hydrogen-bond donors (Lipinski definition) is 1. The lowest BCUT2D eigenvalue weighted by Crippen LogP contribution is -2.25. The van der Waals surface area contributed by atoms with Gasteiger partial charge in [0.15, 0.2) is 15.9 Å². The summed E-state index contributed by atoms with van der Waals surface area (Å²) >= 11 is 0. The molecule has 2 aromatic rings. The normalized spacial score (nSPS) is 12.3. The third-order valence-corrected chi connectivity index (χ3v) is 5.46.